The van der Waals surface area contributed by atoms with Gasteiger partial charge in [-0.1, -0.05) is 6.07 Å². The molecule has 0 saturated carbocycles. The average molecular weight is 376 g/mol. The van der Waals surface area contributed by atoms with E-state index >= 15 is 0 Å². The van der Waals surface area contributed by atoms with Gasteiger partial charge in [-0.05, 0) is 51.0 Å². The van der Waals surface area contributed by atoms with Gasteiger partial charge in [0, 0.05) is 51.5 Å². The van der Waals surface area contributed by atoms with Crippen LogP contribution in [0.25, 0.3) is 0 Å². The van der Waals surface area contributed by atoms with E-state index < -0.39 is 5.41 Å². The second-order valence-electron chi connectivity index (χ2n) is 8.54. The molecule has 2 fully saturated rings. The Hall–Kier alpha value is -1.63. The predicted octanol–water partition coefficient (Wildman–Crippen LogP) is 2.45. The Morgan fingerprint density at radius 3 is 2.33 bits per heavy atom. The molecule has 2 saturated heterocycles. The Balaban J connectivity index is 1.51. The molecule has 3 rings (SSSR count). The van der Waals surface area contributed by atoms with Crippen LogP contribution < -0.4 is 4.90 Å². The van der Waals surface area contributed by atoms with Crippen molar-refractivity contribution in [2.24, 2.45) is 5.41 Å². The summed E-state index contributed by atoms with van der Waals surface area (Å²) < 4.78 is 5.44. The summed E-state index contributed by atoms with van der Waals surface area (Å²) in [5.74, 6) is -0.162. The van der Waals surface area contributed by atoms with Crippen molar-refractivity contribution in [1.29, 1.82) is 0 Å². The van der Waals surface area contributed by atoms with E-state index in [0.29, 0.717) is 0 Å². The van der Waals surface area contributed by atoms with E-state index in [9.17, 15) is 4.79 Å². The fourth-order valence-corrected chi connectivity index (χ4v) is 3.35. The van der Waals surface area contributed by atoms with Crippen molar-refractivity contribution in [2.45, 2.75) is 34.2 Å². The van der Waals surface area contributed by atoms with Crippen molar-refractivity contribution in [3.63, 3.8) is 0 Å². The molecule has 150 valence electrons. The summed E-state index contributed by atoms with van der Waals surface area (Å²) in [7, 11) is 0. The lowest BCUT2D eigenvalue weighted by Gasteiger charge is -2.35. The first-order chi connectivity index (χ1) is 12.8. The number of hydroxylamine groups is 2. The monoisotopic (exact) mass is 375 g/mol. The molecule has 27 heavy (non-hydrogen) atoms. The highest BCUT2D eigenvalue weighted by Gasteiger charge is 2.28. The van der Waals surface area contributed by atoms with Crippen LogP contribution in [0.2, 0.25) is 0 Å². The number of anilines is 1. The van der Waals surface area contributed by atoms with Crippen LogP contribution >= 0.6 is 0 Å². The molecule has 0 amide bonds. The van der Waals surface area contributed by atoms with Gasteiger partial charge in [0.2, 0.25) is 0 Å². The summed E-state index contributed by atoms with van der Waals surface area (Å²) in [6.07, 6.45) is 0. The van der Waals surface area contributed by atoms with Gasteiger partial charge in [0.1, 0.15) is 0 Å². The number of hydrogen-bond acceptors (Lipinski definition) is 6. The van der Waals surface area contributed by atoms with Crippen molar-refractivity contribution in [3.8, 4) is 0 Å². The van der Waals surface area contributed by atoms with Crippen LogP contribution in [0.3, 0.4) is 0 Å². The van der Waals surface area contributed by atoms with Crippen molar-refractivity contribution >= 4 is 11.7 Å². The molecule has 0 aromatic heterocycles. The normalized spacial score (nSPS) is 19.9. The molecule has 6 nitrogen and oxygen atoms in total. The number of hydrogen-bond donors (Lipinski definition) is 0. The predicted molar refractivity (Wildman–Crippen MR) is 107 cm³/mol. The molecule has 0 N–H and O–H groups in total. The summed E-state index contributed by atoms with van der Waals surface area (Å²) in [6, 6.07) is 6.78. The number of carbonyl (C=O) groups excluding carboxylic acids is 1. The SMILES string of the molecule is Cc1cc(N2CCOCC2)ccc1CN1CCN(OC(=O)C(C)(C)C)CC1. The molecular formula is C21H33N3O3. The molecule has 2 aliphatic rings. The molecule has 1 aromatic carbocycles. The molecule has 0 bridgehead atoms. The second kappa shape index (κ2) is 8.59. The number of piperazine rings is 1. The third-order valence-corrected chi connectivity index (χ3v) is 5.25. The Morgan fingerprint density at radius 1 is 1.07 bits per heavy atom. The van der Waals surface area contributed by atoms with Crippen molar-refractivity contribution < 1.29 is 14.4 Å². The van der Waals surface area contributed by atoms with Gasteiger partial charge in [0.15, 0.2) is 0 Å². The van der Waals surface area contributed by atoms with Gasteiger partial charge >= 0.3 is 5.97 Å². The lowest BCUT2D eigenvalue weighted by molar-refractivity contribution is -0.207. The Kier molecular flexibility index (Phi) is 6.40. The minimum absolute atomic E-state index is 0.162. The van der Waals surface area contributed by atoms with Gasteiger partial charge in [-0.15, -0.1) is 5.06 Å². The van der Waals surface area contributed by atoms with E-state index in [1.165, 1.54) is 16.8 Å². The first kappa shape index (κ1) is 20.1. The van der Waals surface area contributed by atoms with Crippen LogP contribution in [0.15, 0.2) is 18.2 Å². The van der Waals surface area contributed by atoms with Crippen molar-refractivity contribution in [1.82, 2.24) is 9.96 Å². The quantitative estimate of drug-likeness (QED) is 0.806. The molecular weight excluding hydrogens is 342 g/mol. The molecule has 2 heterocycles. The Bertz CT molecular complexity index is 643. The van der Waals surface area contributed by atoms with Crippen LogP contribution in [0.4, 0.5) is 5.69 Å². The average Bonchev–Trinajstić information content (AvgIpc) is 2.65. The molecule has 2 aliphatic heterocycles. The zero-order valence-electron chi connectivity index (χ0n) is 17.2. The van der Waals surface area contributed by atoms with Crippen molar-refractivity contribution in [3.05, 3.63) is 29.3 Å². The van der Waals surface area contributed by atoms with E-state index in [4.69, 9.17) is 9.57 Å². The summed E-state index contributed by atoms with van der Waals surface area (Å²) in [5, 5.41) is 1.80. The van der Waals surface area contributed by atoms with Crippen LogP contribution in [0, 0.1) is 12.3 Å². The number of carbonyl (C=O) groups is 1. The third kappa shape index (κ3) is 5.43. The molecule has 0 atom stereocenters. The summed E-state index contributed by atoms with van der Waals surface area (Å²) in [6.45, 7) is 15.7. The highest BCUT2D eigenvalue weighted by molar-refractivity contribution is 5.75. The molecule has 0 unspecified atom stereocenters. The molecule has 1 aromatic rings. The van der Waals surface area contributed by atoms with E-state index in [2.05, 4.69) is 34.9 Å². The van der Waals surface area contributed by atoms with Gasteiger partial charge in [-0.25, -0.2) is 4.79 Å². The lowest BCUT2D eigenvalue weighted by atomic mass is 9.98. The van der Waals surface area contributed by atoms with Crippen LogP contribution in [-0.2, 0) is 20.9 Å². The van der Waals surface area contributed by atoms with Crippen LogP contribution in [0.5, 0.6) is 0 Å². The van der Waals surface area contributed by atoms with E-state index in [0.717, 1.165) is 59.0 Å². The zero-order chi connectivity index (χ0) is 19.4. The molecule has 0 aliphatic carbocycles. The second-order valence-corrected chi connectivity index (χ2v) is 8.54. The number of nitrogens with zero attached hydrogens (tertiary/aromatic N) is 3. The Labute approximate surface area is 163 Å². The number of aryl methyl sites for hydroxylation is 1. The van der Waals surface area contributed by atoms with Gasteiger partial charge in [0.05, 0.1) is 18.6 Å². The first-order valence-electron chi connectivity index (χ1n) is 9.95. The third-order valence-electron chi connectivity index (χ3n) is 5.25. The number of rotatable bonds is 4. The smallest absolute Gasteiger partial charge is 0.330 e. The van der Waals surface area contributed by atoms with E-state index in [1.54, 1.807) is 5.06 Å². The fraction of sp³-hybridized carbons (Fsp3) is 0.667. The van der Waals surface area contributed by atoms with Crippen LogP contribution in [0.1, 0.15) is 31.9 Å². The standard InChI is InChI=1S/C21H33N3O3/c1-17-15-19(23-11-13-26-14-12-23)6-5-18(17)16-22-7-9-24(10-8-22)27-20(25)21(2,3)4/h5-6,15H,7-14,16H2,1-4H3. The molecule has 0 radical (unpaired) electrons. The number of benzene rings is 1. The maximum atomic E-state index is 12.0. The van der Waals surface area contributed by atoms with E-state index in [1.807, 2.05) is 20.8 Å². The minimum atomic E-state index is -0.462. The maximum Gasteiger partial charge on any atom is 0.330 e. The summed E-state index contributed by atoms with van der Waals surface area (Å²) in [4.78, 5) is 22.4. The van der Waals surface area contributed by atoms with Gasteiger partial charge in [-0.2, -0.15) is 0 Å². The van der Waals surface area contributed by atoms with Gasteiger partial charge in [-0.3, -0.25) is 4.90 Å². The molecule has 0 spiro atoms. The highest BCUT2D eigenvalue weighted by Crippen LogP contribution is 2.22. The summed E-state index contributed by atoms with van der Waals surface area (Å²) >= 11 is 0. The first-order valence-corrected chi connectivity index (χ1v) is 9.95. The topological polar surface area (TPSA) is 45.2 Å². The lowest BCUT2D eigenvalue weighted by Crippen LogP contribution is -2.47. The van der Waals surface area contributed by atoms with E-state index in [-0.39, 0.29) is 5.97 Å². The zero-order valence-corrected chi connectivity index (χ0v) is 17.2. The molecule has 6 heteroatoms. The number of morpholine rings is 1. The summed E-state index contributed by atoms with van der Waals surface area (Å²) in [5.41, 5.74) is 3.53. The Morgan fingerprint density at radius 2 is 1.74 bits per heavy atom. The highest BCUT2D eigenvalue weighted by atomic mass is 16.7. The minimum Gasteiger partial charge on any atom is -0.378 e. The van der Waals surface area contributed by atoms with Crippen LogP contribution in [-0.4, -0.2) is 68.4 Å². The fourth-order valence-electron chi connectivity index (χ4n) is 3.35. The van der Waals surface area contributed by atoms with Crippen molar-refractivity contribution in [2.75, 3.05) is 57.4 Å². The number of ether oxygens (including phenoxy) is 1. The maximum absolute atomic E-state index is 12.0. The van der Waals surface area contributed by atoms with Gasteiger partial charge < -0.3 is 14.5 Å². The van der Waals surface area contributed by atoms with Gasteiger partial charge in [0.25, 0.3) is 0 Å². The largest absolute Gasteiger partial charge is 0.378 e.